The number of nitrogens with zero attached hydrogens (tertiary/aromatic N) is 3. The molecule has 0 saturated carbocycles. The molecule has 1 aromatic heterocycles. The zero-order valence-electron chi connectivity index (χ0n) is 15.8. The van der Waals surface area contributed by atoms with Crippen LogP contribution in [-0.4, -0.2) is 42.2 Å². The Morgan fingerprint density at radius 2 is 1.89 bits per heavy atom. The number of hydrogen-bond acceptors (Lipinski definition) is 5. The Balaban J connectivity index is 1.67. The van der Waals surface area contributed by atoms with Crippen LogP contribution in [-0.2, 0) is 20.9 Å². The quantitative estimate of drug-likeness (QED) is 0.638. The van der Waals surface area contributed by atoms with Crippen molar-refractivity contribution in [1.29, 1.82) is 0 Å². The molecule has 1 aliphatic heterocycles. The lowest BCUT2D eigenvalue weighted by atomic mass is 10.1. The molecule has 4 rings (SSSR count). The molecule has 1 fully saturated rings. The van der Waals surface area contributed by atoms with Crippen molar-refractivity contribution in [3.63, 3.8) is 0 Å². The fourth-order valence-corrected chi connectivity index (χ4v) is 3.66. The minimum atomic E-state index is -0.347. The zero-order chi connectivity index (χ0) is 19.7. The number of hydrogen-bond donors (Lipinski definition) is 0. The summed E-state index contributed by atoms with van der Waals surface area (Å²) in [6, 6.07) is 15.1. The molecule has 1 aliphatic rings. The molecule has 1 amide bonds. The number of methoxy groups -OCH3 is 2. The molecule has 1 atom stereocenters. The number of fused-ring (bicyclic) bond motifs is 1. The summed E-state index contributed by atoms with van der Waals surface area (Å²) < 4.78 is 11.9. The topological polar surface area (TPSA) is 73.7 Å². The van der Waals surface area contributed by atoms with E-state index in [9.17, 15) is 9.59 Å². The largest absolute Gasteiger partial charge is 0.497 e. The van der Waals surface area contributed by atoms with E-state index in [2.05, 4.69) is 0 Å². The Hall–Kier alpha value is -3.35. The minimum Gasteiger partial charge on any atom is -0.497 e. The van der Waals surface area contributed by atoms with Gasteiger partial charge in [0.05, 0.1) is 25.3 Å². The number of benzene rings is 2. The van der Waals surface area contributed by atoms with Crippen molar-refractivity contribution >= 4 is 28.6 Å². The first-order chi connectivity index (χ1) is 13.6. The number of aromatic nitrogens is 2. The number of carbonyl (C=O) groups is 2. The second-order valence-corrected chi connectivity index (χ2v) is 6.72. The van der Waals surface area contributed by atoms with Crippen molar-refractivity contribution in [2.24, 2.45) is 0 Å². The van der Waals surface area contributed by atoms with Gasteiger partial charge in [-0.25, -0.2) is 4.98 Å². The number of ether oxygens (including phenoxy) is 2. The normalized spacial score (nSPS) is 16.6. The van der Waals surface area contributed by atoms with Crippen LogP contribution in [0.4, 0.5) is 5.69 Å². The van der Waals surface area contributed by atoms with Crippen LogP contribution in [0.1, 0.15) is 18.2 Å². The standard InChI is InChI=1S/C21H21N3O4/c1-27-16-9-7-15(8-10-16)23-12-14(11-19(23)25)21-22-17-5-3-4-6-18(17)24(21)13-20(26)28-2/h3-10,14H,11-13H2,1-2H3/t14-/m0/s1. The van der Waals surface area contributed by atoms with E-state index >= 15 is 0 Å². The molecule has 7 heteroatoms. The van der Waals surface area contributed by atoms with E-state index < -0.39 is 0 Å². The van der Waals surface area contributed by atoms with Crippen LogP contribution >= 0.6 is 0 Å². The monoisotopic (exact) mass is 379 g/mol. The third-order valence-electron chi connectivity index (χ3n) is 5.07. The number of para-hydroxylation sites is 2. The predicted octanol–water partition coefficient (Wildman–Crippen LogP) is 2.74. The van der Waals surface area contributed by atoms with Crippen LogP contribution in [0.3, 0.4) is 0 Å². The van der Waals surface area contributed by atoms with Crippen LogP contribution in [0.25, 0.3) is 11.0 Å². The lowest BCUT2D eigenvalue weighted by Gasteiger charge is -2.17. The first-order valence-electron chi connectivity index (χ1n) is 9.07. The Bertz CT molecular complexity index is 1030. The minimum absolute atomic E-state index is 0.0341. The van der Waals surface area contributed by atoms with Crippen molar-refractivity contribution in [2.75, 3.05) is 25.7 Å². The van der Waals surface area contributed by atoms with Gasteiger partial charge in [-0.3, -0.25) is 9.59 Å². The van der Waals surface area contributed by atoms with Crippen molar-refractivity contribution in [3.05, 3.63) is 54.4 Å². The molecular weight excluding hydrogens is 358 g/mol. The van der Waals surface area contributed by atoms with E-state index in [0.29, 0.717) is 13.0 Å². The molecule has 144 valence electrons. The number of esters is 1. The highest BCUT2D eigenvalue weighted by molar-refractivity contribution is 5.96. The molecule has 1 saturated heterocycles. The van der Waals surface area contributed by atoms with Crippen LogP contribution in [0.2, 0.25) is 0 Å². The van der Waals surface area contributed by atoms with Gasteiger partial charge in [-0.2, -0.15) is 0 Å². The molecule has 2 heterocycles. The Morgan fingerprint density at radius 1 is 1.14 bits per heavy atom. The predicted molar refractivity (Wildman–Crippen MR) is 104 cm³/mol. The molecule has 7 nitrogen and oxygen atoms in total. The molecule has 0 aliphatic carbocycles. The lowest BCUT2D eigenvalue weighted by Crippen LogP contribution is -2.24. The fraction of sp³-hybridized carbons (Fsp3) is 0.286. The van der Waals surface area contributed by atoms with E-state index in [-0.39, 0.29) is 24.3 Å². The van der Waals surface area contributed by atoms with E-state index in [1.54, 1.807) is 12.0 Å². The molecule has 0 radical (unpaired) electrons. The third kappa shape index (κ3) is 3.19. The molecule has 0 bridgehead atoms. The van der Waals surface area contributed by atoms with E-state index in [0.717, 1.165) is 28.3 Å². The SMILES string of the molecule is COC(=O)Cn1c([C@H]2CC(=O)N(c3ccc(OC)cc3)C2)nc2ccccc21. The van der Waals surface area contributed by atoms with Gasteiger partial charge >= 0.3 is 5.97 Å². The highest BCUT2D eigenvalue weighted by atomic mass is 16.5. The summed E-state index contributed by atoms with van der Waals surface area (Å²) in [4.78, 5) is 31.1. The molecular formula is C21H21N3O4. The number of amides is 1. The molecule has 28 heavy (non-hydrogen) atoms. The van der Waals surface area contributed by atoms with Gasteiger partial charge in [0.1, 0.15) is 18.1 Å². The third-order valence-corrected chi connectivity index (χ3v) is 5.07. The van der Waals surface area contributed by atoms with Crippen molar-refractivity contribution in [1.82, 2.24) is 9.55 Å². The van der Waals surface area contributed by atoms with Crippen LogP contribution in [0, 0.1) is 0 Å². The van der Waals surface area contributed by atoms with Gasteiger partial charge in [0, 0.05) is 24.6 Å². The highest BCUT2D eigenvalue weighted by Gasteiger charge is 2.35. The highest BCUT2D eigenvalue weighted by Crippen LogP contribution is 2.33. The number of imidazole rings is 1. The van der Waals surface area contributed by atoms with Gasteiger partial charge in [0.2, 0.25) is 5.91 Å². The van der Waals surface area contributed by atoms with Gasteiger partial charge in [0.25, 0.3) is 0 Å². The lowest BCUT2D eigenvalue weighted by molar-refractivity contribution is -0.141. The fourth-order valence-electron chi connectivity index (χ4n) is 3.66. The molecule has 0 N–H and O–H groups in total. The number of carbonyl (C=O) groups excluding carboxylic acids is 2. The second kappa shape index (κ2) is 7.34. The van der Waals surface area contributed by atoms with Gasteiger partial charge in [-0.15, -0.1) is 0 Å². The number of anilines is 1. The van der Waals surface area contributed by atoms with Crippen molar-refractivity contribution in [3.8, 4) is 5.75 Å². The van der Waals surface area contributed by atoms with Crippen molar-refractivity contribution in [2.45, 2.75) is 18.9 Å². The summed E-state index contributed by atoms with van der Waals surface area (Å²) in [6.45, 7) is 0.579. The van der Waals surface area contributed by atoms with Gasteiger partial charge in [-0.1, -0.05) is 12.1 Å². The molecule has 0 spiro atoms. The second-order valence-electron chi connectivity index (χ2n) is 6.72. The average Bonchev–Trinajstić information content (AvgIpc) is 3.28. The summed E-state index contributed by atoms with van der Waals surface area (Å²) in [5.41, 5.74) is 2.49. The van der Waals surface area contributed by atoms with E-state index in [1.165, 1.54) is 7.11 Å². The maximum Gasteiger partial charge on any atom is 0.325 e. The smallest absolute Gasteiger partial charge is 0.325 e. The summed E-state index contributed by atoms with van der Waals surface area (Å²) in [5, 5.41) is 0. The molecule has 2 aromatic carbocycles. The molecule has 3 aromatic rings. The van der Waals surface area contributed by atoms with Crippen LogP contribution < -0.4 is 9.64 Å². The van der Waals surface area contributed by atoms with E-state index in [1.807, 2.05) is 53.1 Å². The van der Waals surface area contributed by atoms with Gasteiger partial charge < -0.3 is 18.9 Å². The first-order valence-corrected chi connectivity index (χ1v) is 9.07. The summed E-state index contributed by atoms with van der Waals surface area (Å²) >= 11 is 0. The first kappa shape index (κ1) is 18.0. The van der Waals surface area contributed by atoms with Gasteiger partial charge in [-0.05, 0) is 36.4 Å². The Kier molecular flexibility index (Phi) is 4.73. The maximum absolute atomic E-state index is 12.7. The van der Waals surface area contributed by atoms with Crippen LogP contribution in [0.5, 0.6) is 5.75 Å². The summed E-state index contributed by atoms with van der Waals surface area (Å²) in [7, 11) is 2.98. The van der Waals surface area contributed by atoms with Crippen molar-refractivity contribution < 1.29 is 19.1 Å². The zero-order valence-corrected chi connectivity index (χ0v) is 15.8. The van der Waals surface area contributed by atoms with E-state index in [4.69, 9.17) is 14.5 Å². The summed E-state index contributed by atoms with van der Waals surface area (Å²) in [5.74, 6) is 1.06. The Morgan fingerprint density at radius 3 is 2.61 bits per heavy atom. The number of rotatable bonds is 5. The maximum atomic E-state index is 12.7. The summed E-state index contributed by atoms with van der Waals surface area (Å²) in [6.07, 6.45) is 0.344. The molecule has 0 unspecified atom stereocenters. The van der Waals surface area contributed by atoms with Gasteiger partial charge in [0.15, 0.2) is 0 Å². The van der Waals surface area contributed by atoms with Crippen LogP contribution in [0.15, 0.2) is 48.5 Å². The Labute approximate surface area is 162 Å². The average molecular weight is 379 g/mol.